The number of hydrogen-bond acceptors (Lipinski definition) is 1. The molecule has 0 aromatic heterocycles. The summed E-state index contributed by atoms with van der Waals surface area (Å²) in [4.78, 5) is 12.4. The summed E-state index contributed by atoms with van der Waals surface area (Å²) in [5.41, 5.74) is 0.360. The molecule has 0 bridgehead atoms. The third-order valence-electron chi connectivity index (χ3n) is 2.35. The Balaban J connectivity index is 2.75. The molecule has 1 rings (SSSR count). The Morgan fingerprint density at radius 3 is 2.33 bits per heavy atom. The van der Waals surface area contributed by atoms with Gasteiger partial charge in [-0.3, -0.25) is 4.90 Å². The van der Waals surface area contributed by atoms with Gasteiger partial charge in [-0.05, 0) is 45.0 Å². The topological polar surface area (TPSA) is 40.5 Å². The molecule has 0 saturated carbocycles. The number of hydrogen-bond donors (Lipinski definition) is 1. The molecule has 0 radical (unpaired) electrons. The lowest BCUT2D eigenvalue weighted by Crippen LogP contribution is -2.45. The highest BCUT2D eigenvalue weighted by atomic mass is 35.5. The molecule has 0 atom stereocenters. The van der Waals surface area contributed by atoms with Crippen molar-refractivity contribution >= 4 is 17.7 Å². The quantitative estimate of drug-likeness (QED) is 0.790. The first-order valence-corrected chi connectivity index (χ1v) is 5.93. The summed E-state index contributed by atoms with van der Waals surface area (Å²) in [6.45, 7) is 5.70. The van der Waals surface area contributed by atoms with Crippen LogP contribution in [0.5, 0.6) is 0 Å². The van der Waals surface area contributed by atoms with Gasteiger partial charge in [0, 0.05) is 16.1 Å². The van der Waals surface area contributed by atoms with Gasteiger partial charge in [-0.15, -0.1) is 0 Å². The van der Waals surface area contributed by atoms with Crippen LogP contribution in [0.3, 0.4) is 0 Å². The SMILES string of the molecule is CC(C)(C)N(CC#Cc1ccc(Cl)cc1)C(=O)O. The van der Waals surface area contributed by atoms with E-state index in [2.05, 4.69) is 11.8 Å². The van der Waals surface area contributed by atoms with Gasteiger partial charge < -0.3 is 5.11 Å². The van der Waals surface area contributed by atoms with Crippen molar-refractivity contribution in [3.05, 3.63) is 34.9 Å². The van der Waals surface area contributed by atoms with Crippen LogP contribution < -0.4 is 0 Å². The van der Waals surface area contributed by atoms with E-state index in [-0.39, 0.29) is 6.54 Å². The molecule has 18 heavy (non-hydrogen) atoms. The second-order valence-electron chi connectivity index (χ2n) is 4.85. The summed E-state index contributed by atoms with van der Waals surface area (Å²) in [5.74, 6) is 5.78. The summed E-state index contributed by atoms with van der Waals surface area (Å²) in [6.07, 6.45) is -0.965. The second kappa shape index (κ2) is 5.79. The van der Waals surface area contributed by atoms with E-state index in [1.807, 2.05) is 20.8 Å². The van der Waals surface area contributed by atoms with Gasteiger partial charge in [0.25, 0.3) is 0 Å². The fourth-order valence-electron chi connectivity index (χ4n) is 1.35. The molecule has 0 fully saturated rings. The zero-order valence-corrected chi connectivity index (χ0v) is 11.5. The molecule has 0 aliphatic rings. The zero-order chi connectivity index (χ0) is 13.8. The van der Waals surface area contributed by atoms with Crippen LogP contribution in [0.1, 0.15) is 26.3 Å². The molecule has 0 heterocycles. The smallest absolute Gasteiger partial charge is 0.408 e. The highest BCUT2D eigenvalue weighted by molar-refractivity contribution is 6.30. The molecule has 0 aliphatic heterocycles. The summed E-state index contributed by atoms with van der Waals surface area (Å²) < 4.78 is 0. The van der Waals surface area contributed by atoms with Crippen molar-refractivity contribution in [1.29, 1.82) is 0 Å². The second-order valence-corrected chi connectivity index (χ2v) is 5.28. The Kier molecular flexibility index (Phi) is 4.63. The highest BCUT2D eigenvalue weighted by Gasteiger charge is 2.24. The van der Waals surface area contributed by atoms with Crippen molar-refractivity contribution in [2.75, 3.05) is 6.54 Å². The van der Waals surface area contributed by atoms with Gasteiger partial charge in [0.1, 0.15) is 0 Å². The van der Waals surface area contributed by atoms with Gasteiger partial charge in [-0.2, -0.15) is 0 Å². The Morgan fingerprint density at radius 1 is 1.33 bits per heavy atom. The number of halogens is 1. The fourth-order valence-corrected chi connectivity index (χ4v) is 1.47. The van der Waals surface area contributed by atoms with Gasteiger partial charge >= 0.3 is 6.09 Å². The molecule has 96 valence electrons. The third-order valence-corrected chi connectivity index (χ3v) is 2.61. The molecule has 0 saturated heterocycles. The van der Waals surface area contributed by atoms with Crippen molar-refractivity contribution < 1.29 is 9.90 Å². The first-order valence-electron chi connectivity index (χ1n) is 5.56. The molecule has 0 unspecified atom stereocenters. The van der Waals surface area contributed by atoms with E-state index in [1.54, 1.807) is 24.3 Å². The molecule has 1 aromatic carbocycles. The number of carboxylic acid groups (broad SMARTS) is 1. The maximum absolute atomic E-state index is 11.1. The molecule has 1 aromatic rings. The minimum atomic E-state index is -0.965. The Morgan fingerprint density at radius 2 is 1.89 bits per heavy atom. The molecule has 3 nitrogen and oxygen atoms in total. The van der Waals surface area contributed by atoms with E-state index in [0.29, 0.717) is 5.02 Å². The Bertz CT molecular complexity index is 477. The normalized spacial score (nSPS) is 10.4. The van der Waals surface area contributed by atoms with Gasteiger partial charge in [0.2, 0.25) is 0 Å². The van der Waals surface area contributed by atoms with Crippen LogP contribution in [0.15, 0.2) is 24.3 Å². The molecular formula is C14H16ClNO2. The summed E-state index contributed by atoms with van der Waals surface area (Å²) in [7, 11) is 0. The van der Waals surface area contributed by atoms with Crippen LogP contribution in [-0.2, 0) is 0 Å². The number of rotatable bonds is 1. The molecule has 4 heteroatoms. The van der Waals surface area contributed by atoms with Crippen LogP contribution in [0.4, 0.5) is 4.79 Å². The number of carbonyl (C=O) groups is 1. The van der Waals surface area contributed by atoms with Crippen molar-refractivity contribution in [3.63, 3.8) is 0 Å². The Hall–Kier alpha value is -1.66. The van der Waals surface area contributed by atoms with Gasteiger partial charge in [-0.25, -0.2) is 4.79 Å². The van der Waals surface area contributed by atoms with Crippen molar-refractivity contribution in [1.82, 2.24) is 4.90 Å². The molecule has 1 amide bonds. The minimum Gasteiger partial charge on any atom is -0.465 e. The predicted octanol–water partition coefficient (Wildman–Crippen LogP) is 3.47. The van der Waals surface area contributed by atoms with Crippen LogP contribution in [0.25, 0.3) is 0 Å². The van der Waals surface area contributed by atoms with Gasteiger partial charge in [0.05, 0.1) is 6.54 Å². The standard InChI is InChI=1S/C14H16ClNO2/c1-14(2,3)16(13(17)18)10-4-5-11-6-8-12(15)9-7-11/h6-9H,10H2,1-3H3,(H,17,18). The summed E-state index contributed by atoms with van der Waals surface area (Å²) >= 11 is 5.76. The number of amides is 1. The summed E-state index contributed by atoms with van der Waals surface area (Å²) in [5, 5.41) is 9.74. The van der Waals surface area contributed by atoms with Crippen LogP contribution in [0.2, 0.25) is 5.02 Å². The van der Waals surface area contributed by atoms with Gasteiger partial charge in [-0.1, -0.05) is 23.4 Å². The Labute approximate surface area is 112 Å². The predicted molar refractivity (Wildman–Crippen MR) is 72.8 cm³/mol. The minimum absolute atomic E-state index is 0.182. The largest absolute Gasteiger partial charge is 0.465 e. The van der Waals surface area contributed by atoms with E-state index < -0.39 is 11.6 Å². The van der Waals surface area contributed by atoms with E-state index >= 15 is 0 Å². The molecule has 0 aliphatic carbocycles. The molecular weight excluding hydrogens is 250 g/mol. The van der Waals surface area contributed by atoms with E-state index in [0.717, 1.165) is 5.56 Å². The van der Waals surface area contributed by atoms with Crippen LogP contribution >= 0.6 is 11.6 Å². The first-order chi connectivity index (χ1) is 8.30. The molecule has 1 N–H and O–H groups in total. The fraction of sp³-hybridized carbons (Fsp3) is 0.357. The van der Waals surface area contributed by atoms with E-state index in [1.165, 1.54) is 4.90 Å². The summed E-state index contributed by atoms with van der Waals surface area (Å²) in [6, 6.07) is 7.11. The maximum atomic E-state index is 11.1. The van der Waals surface area contributed by atoms with Crippen LogP contribution in [0, 0.1) is 11.8 Å². The average molecular weight is 266 g/mol. The lowest BCUT2D eigenvalue weighted by molar-refractivity contribution is 0.110. The number of nitrogens with zero attached hydrogens (tertiary/aromatic N) is 1. The highest BCUT2D eigenvalue weighted by Crippen LogP contribution is 2.12. The van der Waals surface area contributed by atoms with E-state index in [9.17, 15) is 4.79 Å². The third kappa shape index (κ3) is 4.31. The maximum Gasteiger partial charge on any atom is 0.408 e. The monoisotopic (exact) mass is 265 g/mol. The first kappa shape index (κ1) is 14.4. The van der Waals surface area contributed by atoms with Crippen molar-refractivity contribution in [2.45, 2.75) is 26.3 Å². The van der Waals surface area contributed by atoms with Crippen LogP contribution in [-0.4, -0.2) is 28.2 Å². The zero-order valence-electron chi connectivity index (χ0n) is 10.7. The lowest BCUT2D eigenvalue weighted by atomic mass is 10.1. The van der Waals surface area contributed by atoms with Crippen molar-refractivity contribution in [2.24, 2.45) is 0 Å². The van der Waals surface area contributed by atoms with Crippen molar-refractivity contribution in [3.8, 4) is 11.8 Å². The lowest BCUT2D eigenvalue weighted by Gasteiger charge is -2.31. The average Bonchev–Trinajstić information content (AvgIpc) is 2.24. The van der Waals surface area contributed by atoms with Gasteiger partial charge in [0.15, 0.2) is 0 Å². The molecule has 0 spiro atoms. The van der Waals surface area contributed by atoms with E-state index in [4.69, 9.17) is 16.7 Å². The number of benzene rings is 1.